The molecular weight excluding hydrogens is 290 g/mol. The highest BCUT2D eigenvalue weighted by atomic mass is 16.7. The molecule has 0 amide bonds. The second kappa shape index (κ2) is 7.21. The van der Waals surface area contributed by atoms with E-state index < -0.39 is 11.9 Å². The molecule has 2 fully saturated rings. The van der Waals surface area contributed by atoms with Crippen LogP contribution in [-0.4, -0.2) is 75.8 Å². The van der Waals surface area contributed by atoms with Gasteiger partial charge in [-0.15, -0.1) is 0 Å². The fraction of sp³-hybridized carbons (Fsp3) is 0.733. The van der Waals surface area contributed by atoms with Crippen molar-refractivity contribution in [2.75, 3.05) is 53.6 Å². The molecule has 0 radical (unpaired) electrons. The van der Waals surface area contributed by atoms with Crippen molar-refractivity contribution in [2.45, 2.75) is 18.6 Å². The third-order valence-electron chi connectivity index (χ3n) is 4.31. The lowest BCUT2D eigenvalue weighted by Gasteiger charge is -2.43. The number of nitrogens with zero attached hydrogens (tertiary/aromatic N) is 1. The van der Waals surface area contributed by atoms with Crippen molar-refractivity contribution in [3.63, 3.8) is 0 Å². The lowest BCUT2D eigenvalue weighted by atomic mass is 10.0. The molecule has 1 spiro atoms. The van der Waals surface area contributed by atoms with Crippen LogP contribution in [0.5, 0.6) is 0 Å². The number of carbonyl (C=O) groups is 2. The molecule has 0 aromatic carbocycles. The van der Waals surface area contributed by atoms with Gasteiger partial charge in [0.2, 0.25) is 0 Å². The minimum atomic E-state index is -0.575. The smallest absolute Gasteiger partial charge is 0.331 e. The van der Waals surface area contributed by atoms with Gasteiger partial charge in [0.25, 0.3) is 0 Å². The summed E-state index contributed by atoms with van der Waals surface area (Å²) in [7, 11) is 3.39. The van der Waals surface area contributed by atoms with Gasteiger partial charge < -0.3 is 23.4 Å². The van der Waals surface area contributed by atoms with E-state index in [0.717, 1.165) is 49.1 Å². The highest BCUT2D eigenvalue weighted by molar-refractivity contribution is 5.91. The van der Waals surface area contributed by atoms with Gasteiger partial charge in [-0.1, -0.05) is 0 Å². The second-order valence-electron chi connectivity index (χ2n) is 5.92. The van der Waals surface area contributed by atoms with Gasteiger partial charge in [0.1, 0.15) is 13.2 Å². The molecule has 0 aliphatic carbocycles. The van der Waals surface area contributed by atoms with Crippen LogP contribution in [0.15, 0.2) is 12.2 Å². The van der Waals surface area contributed by atoms with Gasteiger partial charge in [0.15, 0.2) is 5.79 Å². The number of ether oxygens (including phenoxy) is 4. The van der Waals surface area contributed by atoms with Crippen molar-refractivity contribution in [1.82, 2.24) is 0 Å². The molecule has 0 unspecified atom stereocenters. The van der Waals surface area contributed by atoms with Crippen molar-refractivity contribution in [3.8, 4) is 0 Å². The van der Waals surface area contributed by atoms with Crippen LogP contribution in [-0.2, 0) is 28.5 Å². The highest BCUT2D eigenvalue weighted by Crippen LogP contribution is 2.33. The third kappa shape index (κ3) is 4.53. The number of methoxy groups -OCH3 is 1. The van der Waals surface area contributed by atoms with Crippen molar-refractivity contribution in [1.29, 1.82) is 0 Å². The summed E-state index contributed by atoms with van der Waals surface area (Å²) in [5.74, 6) is -1.49. The van der Waals surface area contributed by atoms with Gasteiger partial charge >= 0.3 is 11.9 Å². The van der Waals surface area contributed by atoms with E-state index in [9.17, 15) is 9.59 Å². The zero-order valence-electron chi connectivity index (χ0n) is 13.2. The number of esters is 2. The van der Waals surface area contributed by atoms with Crippen LogP contribution in [0, 0.1) is 0 Å². The van der Waals surface area contributed by atoms with Crippen LogP contribution in [0.3, 0.4) is 0 Å². The maximum Gasteiger partial charge on any atom is 0.331 e. The predicted octanol–water partition coefficient (Wildman–Crippen LogP) is 0.242. The van der Waals surface area contributed by atoms with Gasteiger partial charge in [-0.25, -0.2) is 9.59 Å². The Kier molecular flexibility index (Phi) is 5.55. The molecule has 7 heteroatoms. The standard InChI is InChI=1S/C15H24NO6/c1-16(7-5-15(6-8-16)21-11-12-22-15)9-10-20-14(18)4-3-13(17)19-2/h3-4H,5-12H2,1-2H3/q+1/b4-3+. The molecule has 124 valence electrons. The Hall–Kier alpha value is -1.44. The first-order valence-corrected chi connectivity index (χ1v) is 7.51. The molecule has 0 atom stereocenters. The first kappa shape index (κ1) is 16.9. The molecule has 2 aliphatic rings. The summed E-state index contributed by atoms with van der Waals surface area (Å²) in [6.07, 6.45) is 3.86. The molecule has 0 N–H and O–H groups in total. The average molecular weight is 314 g/mol. The zero-order chi connectivity index (χ0) is 16.1. The van der Waals surface area contributed by atoms with Gasteiger partial charge in [0.05, 0.1) is 53.3 Å². The zero-order valence-corrected chi connectivity index (χ0v) is 13.2. The molecule has 0 saturated carbocycles. The largest absolute Gasteiger partial charge is 0.466 e. The fourth-order valence-corrected chi connectivity index (χ4v) is 2.75. The minimum Gasteiger partial charge on any atom is -0.466 e. The van der Waals surface area contributed by atoms with E-state index in [4.69, 9.17) is 14.2 Å². The molecule has 2 heterocycles. The molecule has 0 aromatic heterocycles. The summed E-state index contributed by atoms with van der Waals surface area (Å²) in [4.78, 5) is 22.3. The van der Waals surface area contributed by atoms with E-state index in [1.165, 1.54) is 7.11 Å². The number of carbonyl (C=O) groups excluding carboxylic acids is 2. The molecule has 2 rings (SSSR count). The van der Waals surface area contributed by atoms with Crippen molar-refractivity contribution < 1.29 is 33.0 Å². The average Bonchev–Trinajstić information content (AvgIpc) is 2.97. The summed E-state index contributed by atoms with van der Waals surface area (Å²) in [6.45, 7) is 4.25. The Bertz CT molecular complexity index is 431. The number of piperidine rings is 1. The highest BCUT2D eigenvalue weighted by Gasteiger charge is 2.44. The number of hydrogen-bond acceptors (Lipinski definition) is 6. The van der Waals surface area contributed by atoms with Crippen LogP contribution in [0.2, 0.25) is 0 Å². The summed E-state index contributed by atoms with van der Waals surface area (Å²) >= 11 is 0. The first-order chi connectivity index (χ1) is 10.5. The maximum atomic E-state index is 11.4. The number of rotatable bonds is 5. The summed E-state index contributed by atoms with van der Waals surface area (Å²) < 4.78 is 21.8. The van der Waals surface area contributed by atoms with E-state index in [1.807, 2.05) is 0 Å². The molecule has 0 aromatic rings. The summed E-state index contributed by atoms with van der Waals surface area (Å²) in [6, 6.07) is 0. The van der Waals surface area contributed by atoms with Crippen LogP contribution < -0.4 is 0 Å². The van der Waals surface area contributed by atoms with E-state index >= 15 is 0 Å². The molecular formula is C15H24NO6+. The topological polar surface area (TPSA) is 71.1 Å². The first-order valence-electron chi connectivity index (χ1n) is 7.51. The van der Waals surface area contributed by atoms with Crippen LogP contribution >= 0.6 is 0 Å². The van der Waals surface area contributed by atoms with Gasteiger partial charge in [0, 0.05) is 12.2 Å². The number of quaternary nitrogens is 1. The predicted molar refractivity (Wildman–Crippen MR) is 76.8 cm³/mol. The number of likely N-dealkylation sites (tertiary alicyclic amines) is 1. The van der Waals surface area contributed by atoms with Crippen LogP contribution in [0.4, 0.5) is 0 Å². The summed E-state index contributed by atoms with van der Waals surface area (Å²) in [5.41, 5.74) is 0. The van der Waals surface area contributed by atoms with Crippen molar-refractivity contribution in [2.24, 2.45) is 0 Å². The van der Waals surface area contributed by atoms with Crippen molar-refractivity contribution >= 4 is 11.9 Å². The minimum absolute atomic E-state index is 0.315. The Labute approximate surface area is 130 Å². The Morgan fingerprint density at radius 2 is 1.73 bits per heavy atom. The SMILES string of the molecule is COC(=O)/C=C/C(=O)OCC[N+]1(C)CCC2(CC1)OCCO2. The fourth-order valence-electron chi connectivity index (χ4n) is 2.75. The third-order valence-corrected chi connectivity index (χ3v) is 4.31. The lowest BCUT2D eigenvalue weighted by Crippen LogP contribution is -2.56. The van der Waals surface area contributed by atoms with Crippen molar-refractivity contribution in [3.05, 3.63) is 12.2 Å². The molecule has 2 aliphatic heterocycles. The lowest BCUT2D eigenvalue weighted by molar-refractivity contribution is -0.917. The monoisotopic (exact) mass is 314 g/mol. The number of hydrogen-bond donors (Lipinski definition) is 0. The Balaban J connectivity index is 1.69. The Morgan fingerprint density at radius 3 is 2.32 bits per heavy atom. The molecule has 7 nitrogen and oxygen atoms in total. The quantitative estimate of drug-likeness (QED) is 0.411. The van der Waals surface area contributed by atoms with E-state index in [-0.39, 0.29) is 5.79 Å². The number of likely N-dealkylation sites (N-methyl/N-ethyl adjacent to an activating group) is 1. The molecule has 2 saturated heterocycles. The van der Waals surface area contributed by atoms with Crippen LogP contribution in [0.1, 0.15) is 12.8 Å². The van der Waals surface area contributed by atoms with Gasteiger partial charge in [-0.3, -0.25) is 0 Å². The van der Waals surface area contributed by atoms with Gasteiger partial charge in [-0.2, -0.15) is 0 Å². The molecule has 0 bridgehead atoms. The second-order valence-corrected chi connectivity index (χ2v) is 5.92. The van der Waals surface area contributed by atoms with E-state index in [2.05, 4.69) is 11.8 Å². The van der Waals surface area contributed by atoms with E-state index in [0.29, 0.717) is 19.8 Å². The molecule has 22 heavy (non-hydrogen) atoms. The van der Waals surface area contributed by atoms with Gasteiger partial charge in [-0.05, 0) is 0 Å². The Morgan fingerprint density at radius 1 is 1.14 bits per heavy atom. The normalized spacial score (nSPS) is 22.8. The van der Waals surface area contributed by atoms with Crippen LogP contribution in [0.25, 0.3) is 0 Å². The van der Waals surface area contributed by atoms with E-state index in [1.54, 1.807) is 0 Å². The maximum absolute atomic E-state index is 11.4. The summed E-state index contributed by atoms with van der Waals surface area (Å²) in [5, 5.41) is 0.